The van der Waals surface area contributed by atoms with E-state index in [9.17, 15) is 0 Å². The van der Waals surface area contributed by atoms with Crippen LogP contribution in [0.5, 0.6) is 0 Å². The molecule has 2 aromatic rings. The number of rotatable bonds is 6. The lowest BCUT2D eigenvalue weighted by molar-refractivity contribution is 0.516. The molecule has 0 saturated heterocycles. The van der Waals surface area contributed by atoms with Gasteiger partial charge in [-0.25, -0.2) is 0 Å². The van der Waals surface area contributed by atoms with Gasteiger partial charge in [0.2, 0.25) is 0 Å². The van der Waals surface area contributed by atoms with Crippen molar-refractivity contribution in [1.29, 1.82) is 0 Å². The normalized spacial score (nSPS) is 12.6. The maximum atomic E-state index is 4.35. The first-order valence-electron chi connectivity index (χ1n) is 7.02. The van der Waals surface area contributed by atoms with Crippen molar-refractivity contribution >= 4 is 0 Å². The van der Waals surface area contributed by atoms with Crippen LogP contribution in [0, 0.1) is 6.92 Å². The zero-order valence-electron chi connectivity index (χ0n) is 12.1. The maximum absolute atomic E-state index is 4.35. The van der Waals surface area contributed by atoms with E-state index in [1.807, 2.05) is 6.20 Å². The second kappa shape index (κ2) is 6.53. The van der Waals surface area contributed by atoms with Crippen molar-refractivity contribution < 1.29 is 0 Å². The van der Waals surface area contributed by atoms with Gasteiger partial charge in [0.1, 0.15) is 0 Å². The van der Waals surface area contributed by atoms with E-state index in [-0.39, 0.29) is 0 Å². The average Bonchev–Trinajstić information content (AvgIpc) is 2.84. The summed E-state index contributed by atoms with van der Waals surface area (Å²) in [6.45, 7) is 8.39. The Balaban J connectivity index is 1.98. The van der Waals surface area contributed by atoms with Crippen molar-refractivity contribution in [3.05, 3.63) is 53.3 Å². The van der Waals surface area contributed by atoms with E-state index in [4.69, 9.17) is 0 Å². The second-order valence-electron chi connectivity index (χ2n) is 5.00. The van der Waals surface area contributed by atoms with Crippen molar-refractivity contribution in [3.63, 3.8) is 0 Å². The van der Waals surface area contributed by atoms with Gasteiger partial charge in [0, 0.05) is 25.3 Å². The molecular weight excluding hydrogens is 234 g/mol. The molecule has 0 fully saturated rings. The Kier molecular flexibility index (Phi) is 4.74. The predicted molar refractivity (Wildman–Crippen MR) is 79.0 cm³/mol. The van der Waals surface area contributed by atoms with Crippen LogP contribution in [0.2, 0.25) is 0 Å². The minimum absolute atomic E-state index is 0.353. The van der Waals surface area contributed by atoms with Gasteiger partial charge < -0.3 is 5.32 Å². The van der Waals surface area contributed by atoms with E-state index < -0.39 is 0 Å². The molecule has 0 aliphatic rings. The van der Waals surface area contributed by atoms with E-state index in [1.54, 1.807) is 0 Å². The number of nitrogens with zero attached hydrogens (tertiary/aromatic N) is 2. The molecule has 0 aliphatic carbocycles. The molecule has 3 nitrogen and oxygen atoms in total. The van der Waals surface area contributed by atoms with Crippen LogP contribution in [-0.4, -0.2) is 9.78 Å². The van der Waals surface area contributed by atoms with Gasteiger partial charge in [-0.2, -0.15) is 5.10 Å². The summed E-state index contributed by atoms with van der Waals surface area (Å²) >= 11 is 0. The second-order valence-corrected chi connectivity index (χ2v) is 5.00. The molecule has 1 heterocycles. The zero-order valence-corrected chi connectivity index (χ0v) is 12.1. The zero-order chi connectivity index (χ0) is 13.7. The van der Waals surface area contributed by atoms with Crippen LogP contribution in [0.15, 0.2) is 36.5 Å². The average molecular weight is 257 g/mol. The summed E-state index contributed by atoms with van der Waals surface area (Å²) in [4.78, 5) is 0. The van der Waals surface area contributed by atoms with Crippen molar-refractivity contribution in [2.75, 3.05) is 0 Å². The van der Waals surface area contributed by atoms with Gasteiger partial charge in [-0.15, -0.1) is 0 Å². The van der Waals surface area contributed by atoms with Crippen molar-refractivity contribution in [1.82, 2.24) is 15.1 Å². The number of hydrogen-bond donors (Lipinski definition) is 1. The lowest BCUT2D eigenvalue weighted by atomic mass is 10.0. The highest BCUT2D eigenvalue weighted by Crippen LogP contribution is 2.17. The molecule has 1 N–H and O–H groups in total. The van der Waals surface area contributed by atoms with Gasteiger partial charge in [-0.05, 0) is 37.5 Å². The molecular formula is C16H23N3. The van der Waals surface area contributed by atoms with E-state index >= 15 is 0 Å². The van der Waals surface area contributed by atoms with E-state index in [0.29, 0.717) is 6.04 Å². The lowest BCUT2D eigenvalue weighted by Crippen LogP contribution is -2.21. The summed E-state index contributed by atoms with van der Waals surface area (Å²) in [5, 5.41) is 7.93. The predicted octanol–water partition coefficient (Wildman–Crippen LogP) is 3.45. The molecule has 1 aromatic carbocycles. The Hall–Kier alpha value is -1.61. The summed E-state index contributed by atoms with van der Waals surface area (Å²) in [6.07, 6.45) is 2.99. The van der Waals surface area contributed by atoms with Crippen molar-refractivity contribution in [2.45, 2.75) is 46.3 Å². The standard InChI is InChI=1S/C16H23N3/c1-4-11-19-15(9-10-18-19)12-17-14(3)16-8-6-5-7-13(16)2/h5-10,14,17H,4,11-12H2,1-3H3. The van der Waals surface area contributed by atoms with Gasteiger partial charge in [-0.3, -0.25) is 4.68 Å². The first-order chi connectivity index (χ1) is 9.22. The van der Waals surface area contributed by atoms with Gasteiger partial charge in [0.15, 0.2) is 0 Å². The molecule has 1 aromatic heterocycles. The largest absolute Gasteiger partial charge is 0.305 e. The molecule has 19 heavy (non-hydrogen) atoms. The molecule has 2 rings (SSSR count). The molecule has 0 radical (unpaired) electrons. The summed E-state index contributed by atoms with van der Waals surface area (Å²) < 4.78 is 2.08. The third kappa shape index (κ3) is 3.44. The summed E-state index contributed by atoms with van der Waals surface area (Å²) in [7, 11) is 0. The molecule has 0 spiro atoms. The van der Waals surface area contributed by atoms with Crippen LogP contribution < -0.4 is 5.32 Å². The van der Waals surface area contributed by atoms with Crippen LogP contribution in [-0.2, 0) is 13.1 Å². The third-order valence-corrected chi connectivity index (χ3v) is 3.48. The number of hydrogen-bond acceptors (Lipinski definition) is 2. The molecule has 1 atom stereocenters. The van der Waals surface area contributed by atoms with E-state index in [2.05, 4.69) is 66.2 Å². The van der Waals surface area contributed by atoms with Gasteiger partial charge >= 0.3 is 0 Å². The van der Waals surface area contributed by atoms with Crippen LogP contribution in [0.25, 0.3) is 0 Å². The Labute approximate surface area is 115 Å². The van der Waals surface area contributed by atoms with Crippen LogP contribution in [0.4, 0.5) is 0 Å². The molecule has 3 heteroatoms. The third-order valence-electron chi connectivity index (χ3n) is 3.48. The lowest BCUT2D eigenvalue weighted by Gasteiger charge is -2.17. The summed E-state index contributed by atoms with van der Waals surface area (Å²) in [5.74, 6) is 0. The molecule has 102 valence electrons. The van der Waals surface area contributed by atoms with E-state index in [1.165, 1.54) is 16.8 Å². The minimum atomic E-state index is 0.353. The fourth-order valence-electron chi connectivity index (χ4n) is 2.36. The summed E-state index contributed by atoms with van der Waals surface area (Å²) in [6, 6.07) is 11.0. The first kappa shape index (κ1) is 13.8. The van der Waals surface area contributed by atoms with E-state index in [0.717, 1.165) is 19.5 Å². The molecule has 0 bridgehead atoms. The SMILES string of the molecule is CCCn1nccc1CNC(C)c1ccccc1C. The molecule has 0 saturated carbocycles. The van der Waals surface area contributed by atoms with Crippen LogP contribution >= 0.6 is 0 Å². The molecule has 0 aliphatic heterocycles. The fraction of sp³-hybridized carbons (Fsp3) is 0.438. The Morgan fingerprint density at radius 2 is 2.05 bits per heavy atom. The molecule has 1 unspecified atom stereocenters. The number of aryl methyl sites for hydroxylation is 2. The Morgan fingerprint density at radius 1 is 1.26 bits per heavy atom. The minimum Gasteiger partial charge on any atom is -0.305 e. The topological polar surface area (TPSA) is 29.9 Å². The smallest absolute Gasteiger partial charge is 0.0522 e. The van der Waals surface area contributed by atoms with Gasteiger partial charge in [-0.1, -0.05) is 31.2 Å². The Bertz CT molecular complexity index is 516. The van der Waals surface area contributed by atoms with Gasteiger partial charge in [0.25, 0.3) is 0 Å². The van der Waals surface area contributed by atoms with Crippen LogP contribution in [0.3, 0.4) is 0 Å². The van der Waals surface area contributed by atoms with Crippen molar-refractivity contribution in [3.8, 4) is 0 Å². The number of aromatic nitrogens is 2. The Morgan fingerprint density at radius 3 is 2.79 bits per heavy atom. The summed E-state index contributed by atoms with van der Waals surface area (Å²) in [5.41, 5.74) is 3.95. The van der Waals surface area contributed by atoms with Gasteiger partial charge in [0.05, 0.1) is 5.69 Å². The maximum Gasteiger partial charge on any atom is 0.0522 e. The highest BCUT2D eigenvalue weighted by Gasteiger charge is 2.08. The number of nitrogens with one attached hydrogen (secondary N) is 1. The van der Waals surface area contributed by atoms with Crippen LogP contribution in [0.1, 0.15) is 43.1 Å². The molecule has 0 amide bonds. The van der Waals surface area contributed by atoms with Crippen molar-refractivity contribution in [2.24, 2.45) is 0 Å². The highest BCUT2D eigenvalue weighted by molar-refractivity contribution is 5.28. The monoisotopic (exact) mass is 257 g/mol. The fourth-order valence-corrected chi connectivity index (χ4v) is 2.36. The number of benzene rings is 1. The first-order valence-corrected chi connectivity index (χ1v) is 7.02. The quantitative estimate of drug-likeness (QED) is 0.859. The highest BCUT2D eigenvalue weighted by atomic mass is 15.3.